The first-order valence-corrected chi connectivity index (χ1v) is 5.78. The van der Waals surface area contributed by atoms with E-state index in [-0.39, 0.29) is 0 Å². The lowest BCUT2D eigenvalue weighted by Crippen LogP contribution is -1.92. The molecule has 1 aromatic heterocycles. The van der Waals surface area contributed by atoms with Crippen LogP contribution < -0.4 is 10.5 Å². The van der Waals surface area contributed by atoms with Crippen molar-refractivity contribution in [1.82, 2.24) is 0 Å². The molecule has 0 amide bonds. The highest BCUT2D eigenvalue weighted by atomic mass is 16.5. The molecule has 18 heavy (non-hydrogen) atoms. The molecule has 90 valence electrons. The number of nitrogens with two attached hydrogens (primary N) is 1. The zero-order valence-corrected chi connectivity index (χ0v) is 9.80. The van der Waals surface area contributed by atoms with Gasteiger partial charge < -0.3 is 14.9 Å². The van der Waals surface area contributed by atoms with Crippen LogP contribution in [0.4, 0.5) is 5.69 Å². The molecule has 3 nitrogen and oxygen atoms in total. The molecule has 0 aliphatic heterocycles. The third-order valence-electron chi connectivity index (χ3n) is 2.77. The van der Waals surface area contributed by atoms with E-state index in [1.165, 1.54) is 0 Å². The number of nitrogen functional groups attached to an aromatic ring is 1. The molecule has 0 fully saturated rings. The number of furan rings is 1. The van der Waals surface area contributed by atoms with Crippen LogP contribution in [0.2, 0.25) is 0 Å². The first-order chi connectivity index (χ1) is 8.83. The average molecular weight is 239 g/mol. The van der Waals surface area contributed by atoms with Gasteiger partial charge in [-0.3, -0.25) is 0 Å². The Balaban J connectivity index is 1.81. The highest BCUT2D eigenvalue weighted by molar-refractivity contribution is 5.89. The monoisotopic (exact) mass is 239 g/mol. The minimum atomic E-state index is 0.401. The fourth-order valence-corrected chi connectivity index (χ4v) is 1.88. The zero-order valence-electron chi connectivity index (χ0n) is 9.80. The molecular weight excluding hydrogens is 226 g/mol. The summed E-state index contributed by atoms with van der Waals surface area (Å²) in [6.45, 7) is 0.401. The summed E-state index contributed by atoms with van der Waals surface area (Å²) in [5.41, 5.74) is 7.39. The van der Waals surface area contributed by atoms with Gasteiger partial charge in [0.25, 0.3) is 0 Å². The van der Waals surface area contributed by atoms with Crippen LogP contribution in [-0.2, 0) is 6.61 Å². The van der Waals surface area contributed by atoms with Crippen LogP contribution in [0.5, 0.6) is 5.75 Å². The van der Waals surface area contributed by atoms with Crippen molar-refractivity contribution in [3.8, 4) is 5.75 Å². The second kappa shape index (κ2) is 4.45. The molecule has 2 aromatic carbocycles. The van der Waals surface area contributed by atoms with E-state index in [2.05, 4.69) is 0 Å². The standard InChI is InChI=1S/C15H13NO2/c16-14-7-4-8-15-13(14)9-12(18-15)10-17-11-5-2-1-3-6-11/h1-9H,10,16H2. The number of hydrogen-bond donors (Lipinski definition) is 1. The molecule has 0 saturated heterocycles. The van der Waals surface area contributed by atoms with Gasteiger partial charge in [0.15, 0.2) is 0 Å². The predicted molar refractivity (Wildman–Crippen MR) is 71.4 cm³/mol. The topological polar surface area (TPSA) is 48.4 Å². The SMILES string of the molecule is Nc1cccc2oc(COc3ccccc3)cc12. The molecule has 0 unspecified atom stereocenters. The second-order valence-corrected chi connectivity index (χ2v) is 4.07. The molecule has 3 heteroatoms. The molecule has 0 atom stereocenters. The molecule has 1 heterocycles. The van der Waals surface area contributed by atoms with Crippen LogP contribution in [0.25, 0.3) is 11.0 Å². The minimum Gasteiger partial charge on any atom is -0.486 e. The highest BCUT2D eigenvalue weighted by Crippen LogP contribution is 2.25. The molecular formula is C15H13NO2. The van der Waals surface area contributed by atoms with Crippen molar-refractivity contribution in [1.29, 1.82) is 0 Å². The van der Waals surface area contributed by atoms with E-state index in [0.717, 1.165) is 28.2 Å². The molecule has 3 rings (SSSR count). The number of benzene rings is 2. The van der Waals surface area contributed by atoms with Crippen molar-refractivity contribution in [2.45, 2.75) is 6.61 Å². The summed E-state index contributed by atoms with van der Waals surface area (Å²) in [5.74, 6) is 1.60. The Kier molecular flexibility index (Phi) is 2.65. The maximum Gasteiger partial charge on any atom is 0.146 e. The van der Waals surface area contributed by atoms with Crippen LogP contribution in [0.3, 0.4) is 0 Å². The van der Waals surface area contributed by atoms with Gasteiger partial charge in [0.05, 0.1) is 0 Å². The summed E-state index contributed by atoms with van der Waals surface area (Å²) < 4.78 is 11.3. The summed E-state index contributed by atoms with van der Waals surface area (Å²) in [6, 6.07) is 17.2. The van der Waals surface area contributed by atoms with Crippen LogP contribution in [-0.4, -0.2) is 0 Å². The van der Waals surface area contributed by atoms with E-state index >= 15 is 0 Å². The van der Waals surface area contributed by atoms with Crippen molar-refractivity contribution in [2.24, 2.45) is 0 Å². The van der Waals surface area contributed by atoms with E-state index in [1.807, 2.05) is 54.6 Å². The molecule has 0 spiro atoms. The molecule has 0 radical (unpaired) electrons. The lowest BCUT2D eigenvalue weighted by molar-refractivity contribution is 0.274. The van der Waals surface area contributed by atoms with E-state index in [0.29, 0.717) is 6.61 Å². The number of para-hydroxylation sites is 1. The Hall–Kier alpha value is -2.42. The van der Waals surface area contributed by atoms with Crippen molar-refractivity contribution < 1.29 is 9.15 Å². The van der Waals surface area contributed by atoms with Crippen molar-refractivity contribution in [2.75, 3.05) is 5.73 Å². The fraction of sp³-hybridized carbons (Fsp3) is 0.0667. The summed E-state index contributed by atoms with van der Waals surface area (Å²) in [5, 5.41) is 0.934. The smallest absolute Gasteiger partial charge is 0.146 e. The Labute approximate surface area is 105 Å². The quantitative estimate of drug-likeness (QED) is 0.710. The molecule has 0 aliphatic carbocycles. The van der Waals surface area contributed by atoms with Gasteiger partial charge >= 0.3 is 0 Å². The van der Waals surface area contributed by atoms with Gasteiger partial charge in [-0.25, -0.2) is 0 Å². The summed E-state index contributed by atoms with van der Waals surface area (Å²) in [7, 11) is 0. The van der Waals surface area contributed by atoms with Crippen molar-refractivity contribution in [3.05, 3.63) is 60.4 Å². The Morgan fingerprint density at radius 1 is 1.00 bits per heavy atom. The third-order valence-corrected chi connectivity index (χ3v) is 2.77. The third kappa shape index (κ3) is 2.02. The highest BCUT2D eigenvalue weighted by Gasteiger charge is 2.06. The van der Waals surface area contributed by atoms with E-state index in [1.54, 1.807) is 0 Å². The van der Waals surface area contributed by atoms with E-state index in [9.17, 15) is 0 Å². The van der Waals surface area contributed by atoms with Gasteiger partial charge in [-0.05, 0) is 30.3 Å². The number of ether oxygens (including phenoxy) is 1. The predicted octanol–water partition coefficient (Wildman–Crippen LogP) is 3.59. The van der Waals surface area contributed by atoms with Crippen LogP contribution in [0, 0.1) is 0 Å². The van der Waals surface area contributed by atoms with Crippen molar-refractivity contribution in [3.63, 3.8) is 0 Å². The van der Waals surface area contributed by atoms with Gasteiger partial charge in [-0.2, -0.15) is 0 Å². The number of rotatable bonds is 3. The normalized spacial score (nSPS) is 10.7. The van der Waals surface area contributed by atoms with Crippen molar-refractivity contribution >= 4 is 16.7 Å². The van der Waals surface area contributed by atoms with Gasteiger partial charge in [0, 0.05) is 11.1 Å². The zero-order chi connectivity index (χ0) is 12.4. The van der Waals surface area contributed by atoms with E-state index in [4.69, 9.17) is 14.9 Å². The maximum atomic E-state index is 5.88. The van der Waals surface area contributed by atoms with Crippen LogP contribution >= 0.6 is 0 Å². The maximum absolute atomic E-state index is 5.88. The lowest BCUT2D eigenvalue weighted by atomic mass is 10.2. The van der Waals surface area contributed by atoms with Gasteiger partial charge in [-0.15, -0.1) is 0 Å². The van der Waals surface area contributed by atoms with Crippen LogP contribution in [0.1, 0.15) is 5.76 Å². The summed E-state index contributed by atoms with van der Waals surface area (Å²) in [6.07, 6.45) is 0. The average Bonchev–Trinajstić information content (AvgIpc) is 2.82. The number of anilines is 1. The van der Waals surface area contributed by atoms with Gasteiger partial charge in [0.2, 0.25) is 0 Å². The number of hydrogen-bond acceptors (Lipinski definition) is 3. The molecule has 2 N–H and O–H groups in total. The first kappa shape index (κ1) is 10.7. The second-order valence-electron chi connectivity index (χ2n) is 4.07. The molecule has 3 aromatic rings. The van der Waals surface area contributed by atoms with E-state index < -0.39 is 0 Å². The molecule has 0 bridgehead atoms. The lowest BCUT2D eigenvalue weighted by Gasteiger charge is -2.02. The summed E-state index contributed by atoms with van der Waals surface area (Å²) >= 11 is 0. The summed E-state index contributed by atoms with van der Waals surface area (Å²) in [4.78, 5) is 0. The Morgan fingerprint density at radius 3 is 2.61 bits per heavy atom. The van der Waals surface area contributed by atoms with Gasteiger partial charge in [-0.1, -0.05) is 24.3 Å². The largest absolute Gasteiger partial charge is 0.486 e. The first-order valence-electron chi connectivity index (χ1n) is 5.78. The molecule has 0 saturated carbocycles. The molecule has 0 aliphatic rings. The van der Waals surface area contributed by atoms with Gasteiger partial charge in [0.1, 0.15) is 23.7 Å². The Bertz CT molecular complexity index is 659. The Morgan fingerprint density at radius 2 is 1.83 bits per heavy atom. The van der Waals surface area contributed by atoms with Crippen LogP contribution in [0.15, 0.2) is 59.0 Å². The fourth-order valence-electron chi connectivity index (χ4n) is 1.88. The number of fused-ring (bicyclic) bond motifs is 1. The minimum absolute atomic E-state index is 0.401.